The van der Waals surface area contributed by atoms with Crippen LogP contribution >= 0.6 is 0 Å². The van der Waals surface area contributed by atoms with Gasteiger partial charge in [-0.3, -0.25) is 33.9 Å². The van der Waals surface area contributed by atoms with Crippen LogP contribution < -0.4 is 5.32 Å². The molecule has 0 aromatic heterocycles. The molecule has 35 heavy (non-hydrogen) atoms. The molecule has 2 N–H and O–H groups in total. The molecule has 206 valence electrons. The van der Waals surface area contributed by atoms with Crippen LogP contribution in [-0.4, -0.2) is 122 Å². The number of amides is 1. The van der Waals surface area contributed by atoms with E-state index in [-0.39, 0.29) is 36.5 Å². The fraction of sp³-hybridized carbons (Fsp3) is 0.840. The Balaban J connectivity index is 0. The number of carboxylic acids is 1. The van der Waals surface area contributed by atoms with Crippen LogP contribution in [0.1, 0.15) is 54.9 Å². The predicted octanol–water partition coefficient (Wildman–Crippen LogP) is 1.38. The Kier molecular flexibility index (Phi) is 22.8. The highest BCUT2D eigenvalue weighted by Gasteiger charge is 2.21. The summed E-state index contributed by atoms with van der Waals surface area (Å²) in [5.41, 5.74) is 0. The van der Waals surface area contributed by atoms with Crippen LogP contribution in [0.2, 0.25) is 0 Å². The molecule has 0 aliphatic carbocycles. The topological polar surface area (TPSA) is 119 Å². The van der Waals surface area contributed by atoms with Gasteiger partial charge in [0, 0.05) is 58.2 Å². The summed E-state index contributed by atoms with van der Waals surface area (Å²) in [6.07, 6.45) is 0.365. The van der Waals surface area contributed by atoms with Crippen LogP contribution in [0.15, 0.2) is 0 Å². The first-order valence-corrected chi connectivity index (χ1v) is 12.9. The zero-order chi connectivity index (χ0) is 27.2. The normalized spacial score (nSPS) is 15.4. The summed E-state index contributed by atoms with van der Waals surface area (Å²) in [6.45, 7) is 18.3. The maximum Gasteiger partial charge on any atom is 0.317 e. The number of ether oxygens (including phenoxy) is 1. The molecule has 1 aliphatic heterocycles. The highest BCUT2D eigenvalue weighted by molar-refractivity contribution is 5.82. The van der Waals surface area contributed by atoms with E-state index in [1.165, 1.54) is 6.92 Å². The second-order valence-corrected chi connectivity index (χ2v) is 8.26. The molecule has 0 bridgehead atoms. The summed E-state index contributed by atoms with van der Waals surface area (Å²) in [6, 6.07) is 0. The summed E-state index contributed by atoms with van der Waals surface area (Å²) in [4.78, 5) is 52.4. The molecule has 0 radical (unpaired) electrons. The first-order valence-electron chi connectivity index (χ1n) is 12.9. The number of hydrogen-bond donors (Lipinski definition) is 2. The van der Waals surface area contributed by atoms with Crippen molar-refractivity contribution in [3.8, 4) is 0 Å². The van der Waals surface area contributed by atoms with E-state index in [0.717, 1.165) is 0 Å². The third-order valence-electron chi connectivity index (χ3n) is 5.11. The lowest BCUT2D eigenvalue weighted by Gasteiger charge is -2.25. The fourth-order valence-electron chi connectivity index (χ4n) is 3.09. The molecule has 1 saturated heterocycles. The molecule has 0 atom stereocenters. The third-order valence-corrected chi connectivity index (χ3v) is 5.11. The number of Topliss-reactive ketones (excluding diaryl/α,β-unsaturated/α-hetero) is 2. The number of rotatable bonds is 13. The van der Waals surface area contributed by atoms with E-state index in [1.54, 1.807) is 0 Å². The van der Waals surface area contributed by atoms with E-state index < -0.39 is 5.97 Å². The molecular formula is C25H50N4O6. The van der Waals surface area contributed by atoms with Crippen LogP contribution in [0, 0.1) is 5.92 Å². The molecule has 1 aliphatic rings. The Bertz CT molecular complexity index is 601. The molecular weight excluding hydrogens is 452 g/mol. The van der Waals surface area contributed by atoms with Crippen LogP contribution in [-0.2, 0) is 23.9 Å². The van der Waals surface area contributed by atoms with Crippen molar-refractivity contribution >= 4 is 23.4 Å². The smallest absolute Gasteiger partial charge is 0.317 e. The number of ketones is 2. The highest BCUT2D eigenvalue weighted by Crippen LogP contribution is 2.03. The summed E-state index contributed by atoms with van der Waals surface area (Å²) in [7, 11) is 0. The molecule has 10 nitrogen and oxygen atoms in total. The standard InChI is InChI=1S/C21H38N4O6.2C2H6/c1-17(2)19(27)14-23-6-8-24(9-11-25(10-7-23)16-21(29)30)15-20(28)22-5-13-31-12-4-18(3)26;2*1-2/h17H,4-16H2,1-3H3,(H,22,28)(H,29,30);2*1-2H3. The maximum absolute atomic E-state index is 12.3. The average Bonchev–Trinajstić information content (AvgIpc) is 2.90. The van der Waals surface area contributed by atoms with E-state index in [0.29, 0.717) is 72.0 Å². The van der Waals surface area contributed by atoms with Gasteiger partial charge in [0.25, 0.3) is 0 Å². The minimum Gasteiger partial charge on any atom is -0.480 e. The zero-order valence-electron chi connectivity index (χ0n) is 23.1. The number of nitrogens with zero attached hydrogens (tertiary/aromatic N) is 3. The highest BCUT2D eigenvalue weighted by atomic mass is 16.5. The van der Waals surface area contributed by atoms with Gasteiger partial charge in [0.1, 0.15) is 11.6 Å². The molecule has 1 fully saturated rings. The number of carbonyl (C=O) groups is 4. The monoisotopic (exact) mass is 502 g/mol. The van der Waals surface area contributed by atoms with E-state index >= 15 is 0 Å². The number of aliphatic carboxylic acids is 1. The summed E-state index contributed by atoms with van der Waals surface area (Å²) < 4.78 is 5.31. The van der Waals surface area contributed by atoms with Crippen LogP contribution in [0.25, 0.3) is 0 Å². The van der Waals surface area contributed by atoms with Gasteiger partial charge in [-0.1, -0.05) is 41.5 Å². The zero-order valence-corrected chi connectivity index (χ0v) is 23.1. The molecule has 0 saturated carbocycles. The number of carboxylic acid groups (broad SMARTS) is 1. The van der Waals surface area contributed by atoms with Crippen LogP contribution in [0.4, 0.5) is 0 Å². The van der Waals surface area contributed by atoms with Gasteiger partial charge < -0.3 is 15.2 Å². The Morgan fingerprint density at radius 3 is 1.69 bits per heavy atom. The van der Waals surface area contributed by atoms with Gasteiger partial charge >= 0.3 is 5.97 Å². The van der Waals surface area contributed by atoms with Gasteiger partial charge in [-0.2, -0.15) is 0 Å². The van der Waals surface area contributed by atoms with Gasteiger partial charge in [0.15, 0.2) is 0 Å². The van der Waals surface area contributed by atoms with Gasteiger partial charge in [-0.15, -0.1) is 0 Å². The Labute approximate surface area is 212 Å². The summed E-state index contributed by atoms with van der Waals surface area (Å²) in [5, 5.41) is 12.0. The van der Waals surface area contributed by atoms with Crippen molar-refractivity contribution in [3.05, 3.63) is 0 Å². The third kappa shape index (κ3) is 20.1. The quantitative estimate of drug-likeness (QED) is 0.360. The Hall–Kier alpha value is -1.88. The van der Waals surface area contributed by atoms with E-state index in [4.69, 9.17) is 9.84 Å². The molecule has 1 amide bonds. The first kappa shape index (κ1) is 35.3. The van der Waals surface area contributed by atoms with Crippen molar-refractivity contribution in [2.75, 3.05) is 78.7 Å². The SMILES string of the molecule is CC.CC.CC(=O)CCOCCNC(=O)CN1CCN(CC(=O)O)CCN(CC(=O)C(C)C)CC1. The molecule has 0 aromatic carbocycles. The van der Waals surface area contributed by atoms with Crippen molar-refractivity contribution < 1.29 is 29.0 Å². The molecule has 0 unspecified atom stereocenters. The van der Waals surface area contributed by atoms with Crippen molar-refractivity contribution in [1.29, 1.82) is 0 Å². The minimum absolute atomic E-state index is 0.0534. The fourth-order valence-corrected chi connectivity index (χ4v) is 3.09. The molecule has 10 heteroatoms. The maximum atomic E-state index is 12.3. The van der Waals surface area contributed by atoms with Crippen molar-refractivity contribution in [2.45, 2.75) is 54.9 Å². The van der Waals surface area contributed by atoms with Gasteiger partial charge in [0.05, 0.1) is 32.8 Å². The molecule has 0 spiro atoms. The minimum atomic E-state index is -0.891. The second kappa shape index (κ2) is 22.6. The van der Waals surface area contributed by atoms with E-state index in [9.17, 15) is 19.2 Å². The lowest BCUT2D eigenvalue weighted by atomic mass is 10.1. The van der Waals surface area contributed by atoms with Crippen molar-refractivity contribution in [2.24, 2.45) is 5.92 Å². The van der Waals surface area contributed by atoms with Crippen LogP contribution in [0.3, 0.4) is 0 Å². The van der Waals surface area contributed by atoms with Crippen molar-refractivity contribution in [1.82, 2.24) is 20.0 Å². The van der Waals surface area contributed by atoms with E-state index in [2.05, 4.69) is 5.32 Å². The first-order chi connectivity index (χ1) is 16.7. The predicted molar refractivity (Wildman–Crippen MR) is 139 cm³/mol. The number of carbonyl (C=O) groups excluding carboxylic acids is 3. The summed E-state index contributed by atoms with van der Waals surface area (Å²) >= 11 is 0. The largest absolute Gasteiger partial charge is 0.480 e. The van der Waals surface area contributed by atoms with Crippen LogP contribution in [0.5, 0.6) is 0 Å². The molecule has 1 rings (SSSR count). The van der Waals surface area contributed by atoms with Gasteiger partial charge in [0.2, 0.25) is 5.91 Å². The number of hydrogen-bond acceptors (Lipinski definition) is 8. The lowest BCUT2D eigenvalue weighted by molar-refractivity contribution is -0.138. The summed E-state index contributed by atoms with van der Waals surface area (Å²) in [5.74, 6) is -0.861. The molecule has 0 aromatic rings. The molecule has 1 heterocycles. The van der Waals surface area contributed by atoms with Gasteiger partial charge in [-0.05, 0) is 6.92 Å². The Morgan fingerprint density at radius 1 is 0.800 bits per heavy atom. The average molecular weight is 503 g/mol. The second-order valence-electron chi connectivity index (χ2n) is 8.26. The Morgan fingerprint density at radius 2 is 1.26 bits per heavy atom. The lowest BCUT2D eigenvalue weighted by Crippen LogP contribution is -2.44. The van der Waals surface area contributed by atoms with Gasteiger partial charge in [-0.25, -0.2) is 0 Å². The van der Waals surface area contributed by atoms with E-state index in [1.807, 2.05) is 56.2 Å². The van der Waals surface area contributed by atoms with Crippen molar-refractivity contribution in [3.63, 3.8) is 0 Å². The number of nitrogens with one attached hydrogen (secondary N) is 1.